The molecule has 17 heavy (non-hydrogen) atoms. The van der Waals surface area contributed by atoms with Crippen LogP contribution >= 0.6 is 0 Å². The summed E-state index contributed by atoms with van der Waals surface area (Å²) >= 11 is 0. The molecule has 0 aliphatic carbocycles. The van der Waals surface area contributed by atoms with Gasteiger partial charge < -0.3 is 4.90 Å². The number of hydrogen-bond donors (Lipinski definition) is 0. The quantitative estimate of drug-likeness (QED) is 0.699. The van der Waals surface area contributed by atoms with E-state index in [-0.39, 0.29) is 0 Å². The largest absolute Gasteiger partial charge is 0.306 e. The van der Waals surface area contributed by atoms with Gasteiger partial charge in [-0.3, -0.25) is 0 Å². The van der Waals surface area contributed by atoms with Crippen molar-refractivity contribution in [3.8, 4) is 0 Å². The van der Waals surface area contributed by atoms with Crippen LogP contribution in [-0.2, 0) is 5.41 Å². The summed E-state index contributed by atoms with van der Waals surface area (Å²) in [6, 6.07) is 11.1. The molecule has 1 heteroatoms. The number of rotatable bonds is 2. The fourth-order valence-electron chi connectivity index (χ4n) is 2.68. The van der Waals surface area contributed by atoms with Gasteiger partial charge in [0.1, 0.15) is 0 Å². The molecule has 1 saturated heterocycles. The van der Waals surface area contributed by atoms with Crippen molar-refractivity contribution in [1.82, 2.24) is 4.90 Å². The van der Waals surface area contributed by atoms with Gasteiger partial charge in [0.2, 0.25) is 0 Å². The van der Waals surface area contributed by atoms with Crippen LogP contribution in [0.25, 0.3) is 0 Å². The Labute approximate surface area is 106 Å². The molecule has 1 heterocycles. The monoisotopic (exact) mass is 231 g/mol. The van der Waals surface area contributed by atoms with E-state index in [1.807, 2.05) is 0 Å². The van der Waals surface area contributed by atoms with Crippen molar-refractivity contribution in [2.24, 2.45) is 0 Å². The first-order valence-electron chi connectivity index (χ1n) is 6.51. The lowest BCUT2D eigenvalue weighted by atomic mass is 9.71. The summed E-state index contributed by atoms with van der Waals surface area (Å²) in [5.41, 5.74) is 1.99. The normalized spacial score (nSPS) is 19.2. The highest BCUT2D eigenvalue weighted by molar-refractivity contribution is 5.26. The number of likely N-dealkylation sites (tertiary alicyclic amines) is 1. The van der Waals surface area contributed by atoms with Crippen LogP contribution in [0.4, 0.5) is 0 Å². The molecule has 1 aliphatic heterocycles. The third-order valence-electron chi connectivity index (χ3n) is 4.01. The van der Waals surface area contributed by atoms with Gasteiger partial charge in [-0.05, 0) is 50.4 Å². The van der Waals surface area contributed by atoms with E-state index in [0.717, 1.165) is 0 Å². The Bertz CT molecular complexity index is 310. The van der Waals surface area contributed by atoms with Crippen molar-refractivity contribution >= 4 is 0 Å². The average Bonchev–Trinajstić information content (AvgIpc) is 2.43. The molecule has 2 rings (SSSR count). The maximum absolute atomic E-state index is 3.00. The highest BCUT2D eigenvalue weighted by Gasteiger charge is 2.33. The topological polar surface area (TPSA) is 3.24 Å². The number of hydrogen-bond acceptors (Lipinski definition) is 1. The first-order valence-corrected chi connectivity index (χ1v) is 6.51. The van der Waals surface area contributed by atoms with E-state index in [9.17, 15) is 0 Å². The summed E-state index contributed by atoms with van der Waals surface area (Å²) in [6.45, 7) is 10.8. The Morgan fingerprint density at radius 3 is 2.12 bits per heavy atom. The zero-order valence-electron chi connectivity index (χ0n) is 11.3. The van der Waals surface area contributed by atoms with E-state index < -0.39 is 0 Å². The Balaban J connectivity index is 0.000000686. The fraction of sp³-hybridized carbons (Fsp3) is 0.500. The van der Waals surface area contributed by atoms with Gasteiger partial charge in [0.05, 0.1) is 0 Å². The summed E-state index contributed by atoms with van der Waals surface area (Å²) in [4.78, 5) is 2.44. The number of piperidine rings is 1. The van der Waals surface area contributed by atoms with E-state index in [1.165, 1.54) is 32.4 Å². The molecule has 0 aromatic heterocycles. The predicted molar refractivity (Wildman–Crippen MR) is 76.4 cm³/mol. The molecular formula is C16H25N. The van der Waals surface area contributed by atoms with Gasteiger partial charge >= 0.3 is 0 Å². The van der Waals surface area contributed by atoms with E-state index >= 15 is 0 Å². The van der Waals surface area contributed by atoms with Crippen molar-refractivity contribution < 1.29 is 0 Å². The number of nitrogens with zero attached hydrogens (tertiary/aromatic N) is 1. The number of benzene rings is 1. The molecule has 0 atom stereocenters. The molecule has 1 aromatic rings. The van der Waals surface area contributed by atoms with Gasteiger partial charge in [-0.25, -0.2) is 0 Å². The van der Waals surface area contributed by atoms with Crippen molar-refractivity contribution in [3.63, 3.8) is 0 Å². The molecule has 1 aromatic carbocycles. The van der Waals surface area contributed by atoms with E-state index in [0.29, 0.717) is 5.41 Å². The van der Waals surface area contributed by atoms with Crippen molar-refractivity contribution in [2.75, 3.05) is 20.1 Å². The lowest BCUT2D eigenvalue weighted by Gasteiger charge is -2.40. The fourth-order valence-corrected chi connectivity index (χ4v) is 2.68. The van der Waals surface area contributed by atoms with E-state index in [2.05, 4.69) is 62.4 Å². The molecule has 0 spiro atoms. The van der Waals surface area contributed by atoms with Crippen LogP contribution in [0.3, 0.4) is 0 Å². The van der Waals surface area contributed by atoms with Crippen LogP contribution in [0.1, 0.15) is 31.7 Å². The molecule has 1 nitrogen and oxygen atoms in total. The minimum absolute atomic E-state index is 0.452. The van der Waals surface area contributed by atoms with Crippen LogP contribution in [0.2, 0.25) is 0 Å². The van der Waals surface area contributed by atoms with Gasteiger partial charge in [-0.2, -0.15) is 0 Å². The molecular weight excluding hydrogens is 206 g/mol. The SMILES string of the molecule is C=C.CCC1(c2ccccc2)CCN(C)CC1. The van der Waals surface area contributed by atoms with Crippen molar-refractivity contribution in [1.29, 1.82) is 0 Å². The molecule has 0 bridgehead atoms. The van der Waals surface area contributed by atoms with Crippen LogP contribution in [0.5, 0.6) is 0 Å². The Morgan fingerprint density at radius 2 is 1.65 bits per heavy atom. The van der Waals surface area contributed by atoms with Crippen LogP contribution in [-0.4, -0.2) is 25.0 Å². The average molecular weight is 231 g/mol. The maximum atomic E-state index is 3.00. The summed E-state index contributed by atoms with van der Waals surface area (Å²) < 4.78 is 0. The predicted octanol–water partition coefficient (Wildman–Crippen LogP) is 3.86. The highest BCUT2D eigenvalue weighted by Crippen LogP contribution is 2.37. The third-order valence-corrected chi connectivity index (χ3v) is 4.01. The third kappa shape index (κ3) is 3.19. The molecule has 0 amide bonds. The Morgan fingerprint density at radius 1 is 1.12 bits per heavy atom. The summed E-state index contributed by atoms with van der Waals surface area (Å²) in [7, 11) is 2.23. The van der Waals surface area contributed by atoms with E-state index in [4.69, 9.17) is 0 Å². The van der Waals surface area contributed by atoms with Gasteiger partial charge in [-0.15, -0.1) is 13.2 Å². The molecule has 0 radical (unpaired) electrons. The Hall–Kier alpha value is -1.08. The molecule has 0 saturated carbocycles. The maximum Gasteiger partial charge on any atom is -0.00133 e. The second-order valence-electron chi connectivity index (χ2n) is 4.80. The van der Waals surface area contributed by atoms with Gasteiger partial charge in [0, 0.05) is 0 Å². The lowest BCUT2D eigenvalue weighted by Crippen LogP contribution is -2.40. The van der Waals surface area contributed by atoms with Gasteiger partial charge in [-0.1, -0.05) is 37.3 Å². The summed E-state index contributed by atoms with van der Waals surface area (Å²) in [5.74, 6) is 0. The Kier molecular flexibility index (Phi) is 5.43. The minimum Gasteiger partial charge on any atom is -0.306 e. The second kappa shape index (κ2) is 6.61. The zero-order chi connectivity index (χ0) is 12.7. The molecule has 1 aliphatic rings. The first-order chi connectivity index (χ1) is 8.27. The summed E-state index contributed by atoms with van der Waals surface area (Å²) in [5, 5.41) is 0. The van der Waals surface area contributed by atoms with Crippen LogP contribution in [0.15, 0.2) is 43.5 Å². The summed E-state index contributed by atoms with van der Waals surface area (Å²) in [6.07, 6.45) is 3.89. The molecule has 0 unspecified atom stereocenters. The standard InChI is InChI=1S/C14H21N.C2H4/c1-3-14(9-11-15(2)12-10-14)13-7-5-4-6-8-13;1-2/h4-8H,3,9-12H2,1-2H3;1-2H2. The zero-order valence-corrected chi connectivity index (χ0v) is 11.3. The van der Waals surface area contributed by atoms with Gasteiger partial charge in [0.25, 0.3) is 0 Å². The van der Waals surface area contributed by atoms with E-state index in [1.54, 1.807) is 5.56 Å². The lowest BCUT2D eigenvalue weighted by molar-refractivity contribution is 0.182. The second-order valence-corrected chi connectivity index (χ2v) is 4.80. The minimum atomic E-state index is 0.452. The van der Waals surface area contributed by atoms with Crippen LogP contribution < -0.4 is 0 Å². The highest BCUT2D eigenvalue weighted by atomic mass is 15.1. The van der Waals surface area contributed by atoms with Gasteiger partial charge in [0.15, 0.2) is 0 Å². The molecule has 0 N–H and O–H groups in total. The molecule has 1 fully saturated rings. The van der Waals surface area contributed by atoms with Crippen molar-refractivity contribution in [2.45, 2.75) is 31.6 Å². The first kappa shape index (κ1) is 14.0. The smallest absolute Gasteiger partial charge is 0.00133 e. The van der Waals surface area contributed by atoms with Crippen LogP contribution in [0, 0.1) is 0 Å². The molecule has 94 valence electrons. The van der Waals surface area contributed by atoms with Crippen molar-refractivity contribution in [3.05, 3.63) is 49.1 Å².